The fraction of sp³-hybridized carbons (Fsp3) is 0.481. The zero-order chi connectivity index (χ0) is 31.2. The SMILES string of the molecule is COc1ccccc1NC(=O)Nc1ccc2c(c1)C(=O)N(C)C[C@@H](OC)[C@H](C)CN(S(=O)(=O)CC(F)(F)F)[C@H](C)CO2. The number of methoxy groups -OCH3 is 2. The van der Waals surface area contributed by atoms with E-state index >= 15 is 0 Å². The first kappa shape index (κ1) is 32.9. The fourth-order valence-corrected chi connectivity index (χ4v) is 6.18. The molecule has 3 atom stereocenters. The van der Waals surface area contributed by atoms with E-state index in [-0.39, 0.29) is 36.7 Å². The van der Waals surface area contributed by atoms with Crippen LogP contribution in [0, 0.1) is 5.92 Å². The van der Waals surface area contributed by atoms with Crippen LogP contribution in [0.15, 0.2) is 42.5 Å². The molecule has 0 unspecified atom stereocenters. The lowest BCUT2D eigenvalue weighted by Gasteiger charge is -2.35. The van der Waals surface area contributed by atoms with Crippen molar-refractivity contribution in [2.45, 2.75) is 32.2 Å². The summed E-state index contributed by atoms with van der Waals surface area (Å²) in [6, 6.07) is 9.46. The number of urea groups is 1. The van der Waals surface area contributed by atoms with E-state index < -0.39 is 52.0 Å². The average molecular weight is 617 g/mol. The highest BCUT2D eigenvalue weighted by Crippen LogP contribution is 2.29. The van der Waals surface area contributed by atoms with Crippen LogP contribution in [-0.4, -0.2) is 94.6 Å². The molecule has 0 saturated heterocycles. The molecule has 1 aliphatic heterocycles. The van der Waals surface area contributed by atoms with Crippen LogP contribution in [0.2, 0.25) is 0 Å². The van der Waals surface area contributed by atoms with Gasteiger partial charge in [-0.05, 0) is 43.2 Å². The summed E-state index contributed by atoms with van der Waals surface area (Å²) in [6.45, 7) is 2.45. The van der Waals surface area contributed by atoms with Crippen molar-refractivity contribution in [3.63, 3.8) is 0 Å². The van der Waals surface area contributed by atoms with Gasteiger partial charge in [0, 0.05) is 32.9 Å². The molecule has 0 saturated carbocycles. The number of halogens is 3. The van der Waals surface area contributed by atoms with E-state index in [4.69, 9.17) is 14.2 Å². The highest BCUT2D eigenvalue weighted by molar-refractivity contribution is 7.89. The van der Waals surface area contributed by atoms with E-state index in [1.165, 1.54) is 51.3 Å². The van der Waals surface area contributed by atoms with Gasteiger partial charge in [-0.2, -0.15) is 17.5 Å². The lowest BCUT2D eigenvalue weighted by Crippen LogP contribution is -2.50. The molecule has 2 aromatic carbocycles. The van der Waals surface area contributed by atoms with Crippen LogP contribution in [0.1, 0.15) is 24.2 Å². The quantitative estimate of drug-likeness (QED) is 0.502. The number of para-hydroxylation sites is 2. The Morgan fingerprint density at radius 1 is 1.10 bits per heavy atom. The normalized spacial score (nSPS) is 20.9. The number of rotatable bonds is 6. The topological polar surface area (TPSA) is 127 Å². The number of fused-ring (bicyclic) bond motifs is 1. The van der Waals surface area contributed by atoms with Gasteiger partial charge in [-0.3, -0.25) is 4.79 Å². The molecule has 15 heteroatoms. The highest BCUT2D eigenvalue weighted by atomic mass is 32.2. The van der Waals surface area contributed by atoms with E-state index in [0.29, 0.717) is 11.4 Å². The third kappa shape index (κ3) is 8.49. The van der Waals surface area contributed by atoms with Gasteiger partial charge < -0.3 is 29.7 Å². The Hall–Kier alpha value is -3.56. The number of amides is 3. The molecule has 11 nitrogen and oxygen atoms in total. The Bertz CT molecular complexity index is 1370. The summed E-state index contributed by atoms with van der Waals surface area (Å²) in [4.78, 5) is 27.5. The average Bonchev–Trinajstić information content (AvgIpc) is 2.91. The molecule has 1 heterocycles. The molecule has 0 radical (unpaired) electrons. The number of ether oxygens (including phenoxy) is 3. The third-order valence-electron chi connectivity index (χ3n) is 6.70. The van der Waals surface area contributed by atoms with Gasteiger partial charge in [0.1, 0.15) is 18.1 Å². The van der Waals surface area contributed by atoms with Crippen LogP contribution in [0.4, 0.5) is 29.3 Å². The monoisotopic (exact) mass is 616 g/mol. The van der Waals surface area contributed by atoms with E-state index in [1.807, 2.05) is 0 Å². The molecule has 42 heavy (non-hydrogen) atoms. The summed E-state index contributed by atoms with van der Waals surface area (Å²) in [5.41, 5.74) is 0.715. The Morgan fingerprint density at radius 2 is 1.79 bits per heavy atom. The lowest BCUT2D eigenvalue weighted by atomic mass is 10.0. The van der Waals surface area contributed by atoms with Gasteiger partial charge in [0.2, 0.25) is 10.0 Å². The number of carbonyl (C=O) groups is 2. The van der Waals surface area contributed by atoms with Crippen molar-refractivity contribution in [1.82, 2.24) is 9.21 Å². The largest absolute Gasteiger partial charge is 0.495 e. The van der Waals surface area contributed by atoms with E-state index in [0.717, 1.165) is 4.31 Å². The predicted octanol–water partition coefficient (Wildman–Crippen LogP) is 4.04. The predicted molar refractivity (Wildman–Crippen MR) is 151 cm³/mol. The standard InChI is InChI=1S/C27H35F3N4O7S/c1-17-13-34(42(37,38)16-27(28,29)30)18(2)15-41-22-11-10-19(12-20(22)25(35)33(3)14-24(17)40-5)31-26(36)32-21-8-6-7-9-23(21)39-4/h6-12,17-18,24H,13-16H2,1-5H3,(H2,31,32,36)/t17-,18-,24-/m1/s1. The summed E-state index contributed by atoms with van der Waals surface area (Å²) >= 11 is 0. The minimum absolute atomic E-state index is 0.00340. The number of nitrogens with zero attached hydrogens (tertiary/aromatic N) is 2. The number of likely N-dealkylation sites (N-methyl/N-ethyl adjacent to an activating group) is 1. The maximum atomic E-state index is 13.5. The molecule has 0 aliphatic carbocycles. The Balaban J connectivity index is 1.93. The van der Waals surface area contributed by atoms with Crippen molar-refractivity contribution < 1.29 is 45.4 Å². The number of sulfonamides is 1. The molecule has 0 bridgehead atoms. The fourth-order valence-electron chi connectivity index (χ4n) is 4.53. The Morgan fingerprint density at radius 3 is 2.43 bits per heavy atom. The summed E-state index contributed by atoms with van der Waals surface area (Å²) in [5.74, 6) is -2.57. The van der Waals surface area contributed by atoms with Gasteiger partial charge in [-0.1, -0.05) is 19.1 Å². The van der Waals surface area contributed by atoms with Crippen LogP contribution in [0.3, 0.4) is 0 Å². The number of hydrogen-bond acceptors (Lipinski definition) is 7. The van der Waals surface area contributed by atoms with Gasteiger partial charge in [0.25, 0.3) is 5.91 Å². The molecule has 1 aliphatic rings. The van der Waals surface area contributed by atoms with E-state index in [1.54, 1.807) is 31.2 Å². The van der Waals surface area contributed by atoms with Crippen LogP contribution in [-0.2, 0) is 14.8 Å². The zero-order valence-electron chi connectivity index (χ0n) is 23.9. The van der Waals surface area contributed by atoms with Crippen molar-refractivity contribution >= 4 is 33.3 Å². The molecule has 232 valence electrons. The second kappa shape index (κ2) is 13.6. The van der Waals surface area contributed by atoms with Crippen molar-refractivity contribution in [1.29, 1.82) is 0 Å². The van der Waals surface area contributed by atoms with Crippen LogP contribution < -0.4 is 20.1 Å². The van der Waals surface area contributed by atoms with E-state index in [2.05, 4.69) is 10.6 Å². The molecule has 0 spiro atoms. The van der Waals surface area contributed by atoms with Crippen LogP contribution in [0.5, 0.6) is 11.5 Å². The number of nitrogens with one attached hydrogen (secondary N) is 2. The Labute approximate surface area is 242 Å². The molecule has 2 N–H and O–H groups in total. The second-order valence-electron chi connectivity index (χ2n) is 10.0. The summed E-state index contributed by atoms with van der Waals surface area (Å²) in [5, 5.41) is 5.31. The molecule has 0 fully saturated rings. The smallest absolute Gasteiger partial charge is 0.404 e. The maximum absolute atomic E-state index is 13.5. The minimum Gasteiger partial charge on any atom is -0.495 e. The van der Waals surface area contributed by atoms with Crippen molar-refractivity contribution in [2.24, 2.45) is 5.92 Å². The number of alkyl halides is 3. The van der Waals surface area contributed by atoms with Crippen molar-refractivity contribution in [3.8, 4) is 11.5 Å². The Kier molecular flexibility index (Phi) is 10.7. The number of anilines is 2. The number of hydrogen-bond donors (Lipinski definition) is 2. The molecule has 2 aromatic rings. The summed E-state index contributed by atoms with van der Waals surface area (Å²) < 4.78 is 82.5. The molecule has 0 aromatic heterocycles. The van der Waals surface area contributed by atoms with Crippen LogP contribution >= 0.6 is 0 Å². The van der Waals surface area contributed by atoms with Crippen molar-refractivity contribution in [2.75, 3.05) is 57.4 Å². The van der Waals surface area contributed by atoms with Gasteiger partial charge in [-0.25, -0.2) is 13.2 Å². The van der Waals surface area contributed by atoms with Gasteiger partial charge in [0.05, 0.1) is 30.5 Å². The number of benzene rings is 2. The van der Waals surface area contributed by atoms with Gasteiger partial charge in [0.15, 0.2) is 5.75 Å². The molecular weight excluding hydrogens is 581 g/mol. The first-order chi connectivity index (χ1) is 19.6. The first-order valence-electron chi connectivity index (χ1n) is 13.0. The lowest BCUT2D eigenvalue weighted by molar-refractivity contribution is -0.107. The highest BCUT2D eigenvalue weighted by Gasteiger charge is 2.41. The van der Waals surface area contributed by atoms with Crippen molar-refractivity contribution in [3.05, 3.63) is 48.0 Å². The number of carbonyl (C=O) groups excluding carboxylic acids is 2. The van der Waals surface area contributed by atoms with E-state index in [9.17, 15) is 31.2 Å². The molecule has 3 rings (SSSR count). The summed E-state index contributed by atoms with van der Waals surface area (Å²) in [6.07, 6.45) is -5.64. The molecular formula is C27H35F3N4O7S. The van der Waals surface area contributed by atoms with Gasteiger partial charge >= 0.3 is 12.2 Å². The first-order valence-corrected chi connectivity index (χ1v) is 14.6. The molecule has 3 amide bonds. The maximum Gasteiger partial charge on any atom is 0.404 e. The van der Waals surface area contributed by atoms with Gasteiger partial charge in [-0.15, -0.1) is 0 Å². The third-order valence-corrected chi connectivity index (χ3v) is 8.62. The minimum atomic E-state index is -4.94. The second-order valence-corrected chi connectivity index (χ2v) is 12.0. The zero-order valence-corrected chi connectivity index (χ0v) is 24.7. The van der Waals surface area contributed by atoms with Crippen LogP contribution in [0.25, 0.3) is 0 Å². The summed E-state index contributed by atoms with van der Waals surface area (Å²) in [7, 11) is -0.420.